The Labute approximate surface area is 188 Å². The Morgan fingerprint density at radius 3 is 2.59 bits per heavy atom. The highest BCUT2D eigenvalue weighted by Gasteiger charge is 2.11. The molecule has 0 unspecified atom stereocenters. The van der Waals surface area contributed by atoms with Gasteiger partial charge >= 0.3 is 0 Å². The van der Waals surface area contributed by atoms with Crippen LogP contribution in [-0.4, -0.2) is 25.3 Å². The van der Waals surface area contributed by atoms with Crippen LogP contribution < -0.4 is 19.6 Å². The van der Waals surface area contributed by atoms with Gasteiger partial charge in [-0.3, -0.25) is 4.79 Å². The minimum absolute atomic E-state index is 0.351. The first kappa shape index (κ1) is 22.6. The Morgan fingerprint density at radius 2 is 1.81 bits per heavy atom. The Bertz CT molecular complexity index is 1060. The number of hydrogen-bond acceptors (Lipinski definition) is 5. The van der Waals surface area contributed by atoms with Crippen molar-refractivity contribution in [3.63, 3.8) is 0 Å². The van der Waals surface area contributed by atoms with Gasteiger partial charge in [-0.2, -0.15) is 5.10 Å². The molecule has 32 heavy (non-hydrogen) atoms. The van der Waals surface area contributed by atoms with Crippen LogP contribution >= 0.6 is 0 Å². The van der Waals surface area contributed by atoms with Gasteiger partial charge in [0.2, 0.25) is 0 Å². The van der Waals surface area contributed by atoms with E-state index in [2.05, 4.69) is 17.1 Å². The van der Waals surface area contributed by atoms with E-state index in [1.807, 2.05) is 61.5 Å². The lowest BCUT2D eigenvalue weighted by atomic mass is 10.2. The third kappa shape index (κ3) is 6.74. The maximum absolute atomic E-state index is 12.5. The normalized spacial score (nSPS) is 10.5. The fraction of sp³-hybridized carbons (Fsp3) is 0.154. The van der Waals surface area contributed by atoms with Crippen molar-refractivity contribution < 1.29 is 19.0 Å². The van der Waals surface area contributed by atoms with Gasteiger partial charge in [0.05, 0.1) is 12.8 Å². The highest BCUT2D eigenvalue weighted by Crippen LogP contribution is 2.28. The van der Waals surface area contributed by atoms with Crippen molar-refractivity contribution in [1.82, 2.24) is 5.43 Å². The van der Waals surface area contributed by atoms with Crippen LogP contribution in [0.5, 0.6) is 17.2 Å². The molecule has 0 radical (unpaired) electrons. The zero-order valence-electron chi connectivity index (χ0n) is 18.0. The van der Waals surface area contributed by atoms with Crippen LogP contribution in [0.1, 0.15) is 28.4 Å². The monoisotopic (exact) mass is 430 g/mol. The number of carbonyl (C=O) groups is 1. The van der Waals surface area contributed by atoms with Gasteiger partial charge in [0.15, 0.2) is 11.5 Å². The Balaban J connectivity index is 1.60. The number of nitrogens with zero attached hydrogens (tertiary/aromatic N) is 1. The average molecular weight is 431 g/mol. The summed E-state index contributed by atoms with van der Waals surface area (Å²) >= 11 is 0. The van der Waals surface area contributed by atoms with E-state index in [0.29, 0.717) is 36.9 Å². The van der Waals surface area contributed by atoms with Crippen LogP contribution in [0, 0.1) is 0 Å². The average Bonchev–Trinajstić information content (AvgIpc) is 2.83. The lowest BCUT2D eigenvalue weighted by molar-refractivity contribution is 0.0954. The first-order valence-electron chi connectivity index (χ1n) is 10.3. The largest absolute Gasteiger partial charge is 0.490 e. The number of carbonyl (C=O) groups excluding carboxylic acids is 1. The quantitative estimate of drug-likeness (QED) is 0.264. The second kappa shape index (κ2) is 12.0. The van der Waals surface area contributed by atoms with Crippen LogP contribution in [0.15, 0.2) is 90.6 Å². The molecule has 1 amide bonds. The lowest BCUT2D eigenvalue weighted by Gasteiger charge is -2.12. The van der Waals surface area contributed by atoms with E-state index in [1.165, 1.54) is 0 Å². The van der Waals surface area contributed by atoms with Crippen molar-refractivity contribution in [2.75, 3.05) is 13.2 Å². The second-order valence-electron chi connectivity index (χ2n) is 6.74. The summed E-state index contributed by atoms with van der Waals surface area (Å²) in [7, 11) is 0. The van der Waals surface area contributed by atoms with E-state index in [-0.39, 0.29) is 5.91 Å². The Kier molecular flexibility index (Phi) is 8.45. The summed E-state index contributed by atoms with van der Waals surface area (Å²) in [6.45, 7) is 6.78. The number of hydrazone groups is 1. The molecule has 6 nitrogen and oxygen atoms in total. The zero-order chi connectivity index (χ0) is 22.6. The molecule has 0 aromatic heterocycles. The topological polar surface area (TPSA) is 69.2 Å². The summed E-state index contributed by atoms with van der Waals surface area (Å²) in [5, 5.41) is 4.06. The number of amides is 1. The molecule has 0 aliphatic rings. The molecule has 3 rings (SSSR count). The number of rotatable bonds is 11. The van der Waals surface area contributed by atoms with Crippen LogP contribution in [0.25, 0.3) is 0 Å². The maximum atomic E-state index is 12.5. The van der Waals surface area contributed by atoms with Gasteiger partial charge < -0.3 is 14.2 Å². The third-order valence-electron chi connectivity index (χ3n) is 4.35. The summed E-state index contributed by atoms with van der Waals surface area (Å²) < 4.78 is 17.0. The summed E-state index contributed by atoms with van der Waals surface area (Å²) in [5.41, 5.74) is 4.84. The van der Waals surface area contributed by atoms with Crippen molar-refractivity contribution >= 4 is 12.1 Å². The number of hydrogen-bond donors (Lipinski definition) is 1. The molecular formula is C26H26N2O4. The predicted octanol–water partition coefficient (Wildman–Crippen LogP) is 4.99. The molecule has 0 bridgehead atoms. The molecule has 1 N–H and O–H groups in total. The molecule has 6 heteroatoms. The minimum atomic E-state index is -0.353. The van der Waals surface area contributed by atoms with Gasteiger partial charge in [-0.15, -0.1) is 0 Å². The molecule has 3 aromatic carbocycles. The maximum Gasteiger partial charge on any atom is 0.271 e. The van der Waals surface area contributed by atoms with Crippen molar-refractivity contribution in [3.8, 4) is 17.2 Å². The van der Waals surface area contributed by atoms with Gasteiger partial charge in [0.25, 0.3) is 5.91 Å². The van der Waals surface area contributed by atoms with E-state index < -0.39 is 0 Å². The van der Waals surface area contributed by atoms with Crippen LogP contribution in [-0.2, 0) is 6.61 Å². The fourth-order valence-electron chi connectivity index (χ4n) is 2.84. The third-order valence-corrected chi connectivity index (χ3v) is 4.35. The van der Waals surface area contributed by atoms with Gasteiger partial charge in [-0.25, -0.2) is 5.43 Å². The SMILES string of the molecule is C=CCOc1ccc(C(=O)N/N=C/c2cccc(OCc3ccccc3)c2)cc1OCC. The molecule has 164 valence electrons. The smallest absolute Gasteiger partial charge is 0.271 e. The summed E-state index contributed by atoms with van der Waals surface area (Å²) in [6.07, 6.45) is 3.21. The second-order valence-corrected chi connectivity index (χ2v) is 6.74. The van der Waals surface area contributed by atoms with Crippen molar-refractivity contribution in [1.29, 1.82) is 0 Å². The van der Waals surface area contributed by atoms with E-state index >= 15 is 0 Å². The van der Waals surface area contributed by atoms with E-state index in [9.17, 15) is 4.79 Å². The number of benzene rings is 3. The van der Waals surface area contributed by atoms with Gasteiger partial charge in [0, 0.05) is 5.56 Å². The molecule has 0 heterocycles. The van der Waals surface area contributed by atoms with Crippen molar-refractivity contribution in [3.05, 3.63) is 102 Å². The van der Waals surface area contributed by atoms with Gasteiger partial charge in [0.1, 0.15) is 19.0 Å². The Hall–Kier alpha value is -4.06. The number of nitrogens with one attached hydrogen (secondary N) is 1. The van der Waals surface area contributed by atoms with E-state index in [0.717, 1.165) is 16.9 Å². The van der Waals surface area contributed by atoms with Crippen molar-refractivity contribution in [2.45, 2.75) is 13.5 Å². The molecule has 0 atom stereocenters. The van der Waals surface area contributed by atoms with Gasteiger partial charge in [-0.05, 0) is 48.4 Å². The minimum Gasteiger partial charge on any atom is -0.490 e. The van der Waals surface area contributed by atoms with E-state index in [4.69, 9.17) is 14.2 Å². The van der Waals surface area contributed by atoms with Gasteiger partial charge in [-0.1, -0.05) is 55.1 Å². The predicted molar refractivity (Wildman–Crippen MR) is 126 cm³/mol. The summed E-state index contributed by atoms with van der Waals surface area (Å²) in [4.78, 5) is 12.5. The molecule has 0 spiro atoms. The zero-order valence-corrected chi connectivity index (χ0v) is 18.0. The highest BCUT2D eigenvalue weighted by atomic mass is 16.5. The molecule has 3 aromatic rings. The van der Waals surface area contributed by atoms with Crippen molar-refractivity contribution in [2.24, 2.45) is 5.10 Å². The molecule has 0 fully saturated rings. The highest BCUT2D eigenvalue weighted by molar-refractivity contribution is 5.95. The molecule has 0 saturated heterocycles. The molecular weight excluding hydrogens is 404 g/mol. The first-order chi connectivity index (χ1) is 15.7. The lowest BCUT2D eigenvalue weighted by Crippen LogP contribution is -2.17. The van der Waals surface area contributed by atoms with Crippen LogP contribution in [0.2, 0.25) is 0 Å². The summed E-state index contributed by atoms with van der Waals surface area (Å²) in [5.74, 6) is 1.42. The summed E-state index contributed by atoms with van der Waals surface area (Å²) in [6, 6.07) is 22.4. The van der Waals surface area contributed by atoms with Crippen LogP contribution in [0.3, 0.4) is 0 Å². The molecule has 0 aliphatic heterocycles. The molecule has 0 aliphatic carbocycles. The molecule has 0 saturated carbocycles. The van der Waals surface area contributed by atoms with E-state index in [1.54, 1.807) is 30.5 Å². The Morgan fingerprint density at radius 1 is 0.969 bits per heavy atom. The first-order valence-corrected chi connectivity index (χ1v) is 10.3. The number of ether oxygens (including phenoxy) is 3. The van der Waals surface area contributed by atoms with Crippen LogP contribution in [0.4, 0.5) is 0 Å². The standard InChI is InChI=1S/C26H26N2O4/c1-3-15-31-24-14-13-22(17-25(24)30-4-2)26(29)28-27-18-21-11-8-12-23(16-21)32-19-20-9-6-5-7-10-20/h3,5-14,16-18H,1,4,15,19H2,2H3,(H,28,29)/b27-18+. The fourth-order valence-corrected chi connectivity index (χ4v) is 2.84.